The van der Waals surface area contributed by atoms with E-state index in [0.717, 1.165) is 17.9 Å². The number of anilines is 1. The Bertz CT molecular complexity index is 1290. The van der Waals surface area contributed by atoms with Gasteiger partial charge in [-0.05, 0) is 24.6 Å². The molecule has 0 aliphatic rings. The van der Waals surface area contributed by atoms with Crippen LogP contribution in [0.4, 0.5) is 11.4 Å². The lowest BCUT2D eigenvalue weighted by Gasteiger charge is -2.09. The smallest absolute Gasteiger partial charge is 0.293 e. The van der Waals surface area contributed by atoms with Crippen molar-refractivity contribution >= 4 is 38.7 Å². The quantitative estimate of drug-likeness (QED) is 0.266. The van der Waals surface area contributed by atoms with Gasteiger partial charge < -0.3 is 10.6 Å². The van der Waals surface area contributed by atoms with Gasteiger partial charge in [0.2, 0.25) is 0 Å². The van der Waals surface area contributed by atoms with Gasteiger partial charge in [0.15, 0.2) is 9.84 Å². The first-order chi connectivity index (χ1) is 15.6. The number of rotatable bonds is 9. The van der Waals surface area contributed by atoms with E-state index in [0.29, 0.717) is 12.2 Å². The second-order valence-electron chi connectivity index (χ2n) is 7.29. The predicted molar refractivity (Wildman–Crippen MR) is 125 cm³/mol. The molecule has 1 aromatic heterocycles. The molecule has 1 amide bonds. The Morgan fingerprint density at radius 3 is 2.52 bits per heavy atom. The van der Waals surface area contributed by atoms with Gasteiger partial charge in [0.1, 0.15) is 10.8 Å². The molecule has 0 bridgehead atoms. The summed E-state index contributed by atoms with van der Waals surface area (Å²) in [5, 5.41) is 21.4. The van der Waals surface area contributed by atoms with Crippen molar-refractivity contribution in [2.75, 3.05) is 24.7 Å². The van der Waals surface area contributed by atoms with Gasteiger partial charge in [-0.25, -0.2) is 13.1 Å². The normalized spacial score (nSPS) is 11.2. The van der Waals surface area contributed by atoms with E-state index in [1.165, 1.54) is 12.1 Å². The molecule has 2 aromatic carbocycles. The summed E-state index contributed by atoms with van der Waals surface area (Å²) in [7, 11) is -3.58. The highest BCUT2D eigenvalue weighted by molar-refractivity contribution is 7.90. The average Bonchev–Trinajstić information content (AvgIpc) is 3.03. The number of benzene rings is 2. The van der Waals surface area contributed by atoms with Crippen molar-refractivity contribution < 1.29 is 18.1 Å². The van der Waals surface area contributed by atoms with Crippen LogP contribution in [0.15, 0.2) is 53.4 Å². The molecule has 12 heteroatoms. The third kappa shape index (κ3) is 5.88. The SMILES string of the molecule is Cc1nn(Cc2ccccc2)c(Cl)c1C(=O)NCCNc1ccc(S(C)(=O)=O)cc1[N+](=O)[O-]. The Morgan fingerprint density at radius 2 is 1.88 bits per heavy atom. The maximum Gasteiger partial charge on any atom is 0.293 e. The monoisotopic (exact) mass is 491 g/mol. The van der Waals surface area contributed by atoms with Gasteiger partial charge in [0.25, 0.3) is 11.6 Å². The van der Waals surface area contributed by atoms with Gasteiger partial charge in [-0.15, -0.1) is 0 Å². The zero-order valence-corrected chi connectivity index (χ0v) is 19.5. The molecule has 0 fully saturated rings. The molecule has 0 atom stereocenters. The minimum Gasteiger partial charge on any atom is -0.378 e. The molecule has 0 unspecified atom stereocenters. The van der Waals surface area contributed by atoms with Crippen LogP contribution in [0, 0.1) is 17.0 Å². The van der Waals surface area contributed by atoms with Crippen LogP contribution >= 0.6 is 11.6 Å². The van der Waals surface area contributed by atoms with Gasteiger partial charge >= 0.3 is 0 Å². The van der Waals surface area contributed by atoms with Crippen molar-refractivity contribution in [1.29, 1.82) is 0 Å². The molecular formula is C21H22ClN5O5S. The van der Waals surface area contributed by atoms with Crippen molar-refractivity contribution in [2.24, 2.45) is 0 Å². The summed E-state index contributed by atoms with van der Waals surface area (Å²) >= 11 is 6.39. The van der Waals surface area contributed by atoms with Crippen molar-refractivity contribution in [1.82, 2.24) is 15.1 Å². The molecular weight excluding hydrogens is 470 g/mol. The second-order valence-corrected chi connectivity index (χ2v) is 9.66. The fourth-order valence-electron chi connectivity index (χ4n) is 3.18. The van der Waals surface area contributed by atoms with Crippen LogP contribution in [0.5, 0.6) is 0 Å². The van der Waals surface area contributed by atoms with Crippen molar-refractivity contribution in [3.63, 3.8) is 0 Å². The molecule has 10 nitrogen and oxygen atoms in total. The third-order valence-corrected chi connectivity index (χ3v) is 6.28. The first kappa shape index (κ1) is 24.2. The average molecular weight is 492 g/mol. The highest BCUT2D eigenvalue weighted by Gasteiger charge is 2.21. The number of amides is 1. The van der Waals surface area contributed by atoms with E-state index in [4.69, 9.17) is 11.6 Å². The summed E-state index contributed by atoms with van der Waals surface area (Å²) in [6.07, 6.45) is 0.976. The third-order valence-electron chi connectivity index (χ3n) is 4.79. The number of nitrogens with one attached hydrogen (secondary N) is 2. The standard InChI is InChI=1S/C21H22ClN5O5S/c1-14-19(20(22)26(25-14)13-15-6-4-3-5-7-15)21(28)24-11-10-23-17-9-8-16(33(2,31)32)12-18(17)27(29)30/h3-9,12,23H,10-11,13H2,1-2H3,(H,24,28). The Hall–Kier alpha value is -3.44. The number of carbonyl (C=O) groups is 1. The van der Waals surface area contributed by atoms with E-state index in [-0.39, 0.29) is 40.1 Å². The Morgan fingerprint density at radius 1 is 1.18 bits per heavy atom. The number of nitro benzene ring substituents is 1. The highest BCUT2D eigenvalue weighted by atomic mass is 35.5. The first-order valence-corrected chi connectivity index (χ1v) is 12.1. The largest absolute Gasteiger partial charge is 0.378 e. The lowest BCUT2D eigenvalue weighted by atomic mass is 10.2. The highest BCUT2D eigenvalue weighted by Crippen LogP contribution is 2.27. The molecule has 33 heavy (non-hydrogen) atoms. The fourth-order valence-corrected chi connectivity index (χ4v) is 4.14. The molecule has 0 aliphatic heterocycles. The Labute approximate surface area is 195 Å². The molecule has 1 heterocycles. The number of aryl methyl sites for hydroxylation is 1. The summed E-state index contributed by atoms with van der Waals surface area (Å²) in [5.74, 6) is -0.416. The summed E-state index contributed by atoms with van der Waals surface area (Å²) in [4.78, 5) is 23.1. The molecule has 0 radical (unpaired) electrons. The van der Waals surface area contributed by atoms with E-state index in [1.807, 2.05) is 30.3 Å². The predicted octanol–water partition coefficient (Wildman–Crippen LogP) is 3.05. The van der Waals surface area contributed by atoms with Crippen LogP contribution < -0.4 is 10.6 Å². The Balaban J connectivity index is 1.63. The minimum absolute atomic E-state index is 0.142. The molecule has 0 spiro atoms. The van der Waals surface area contributed by atoms with Crippen LogP contribution in [0.1, 0.15) is 21.6 Å². The summed E-state index contributed by atoms with van der Waals surface area (Å²) < 4.78 is 24.8. The maximum absolute atomic E-state index is 12.6. The molecule has 2 N–H and O–H groups in total. The topological polar surface area (TPSA) is 136 Å². The molecule has 0 saturated carbocycles. The minimum atomic E-state index is -3.58. The van der Waals surface area contributed by atoms with Crippen LogP contribution in [0.2, 0.25) is 5.15 Å². The van der Waals surface area contributed by atoms with E-state index in [2.05, 4.69) is 15.7 Å². The lowest BCUT2D eigenvalue weighted by Crippen LogP contribution is -2.29. The van der Waals surface area contributed by atoms with Gasteiger partial charge in [-0.3, -0.25) is 14.9 Å². The fraction of sp³-hybridized carbons (Fsp3) is 0.238. The van der Waals surface area contributed by atoms with Crippen LogP contribution in [0.3, 0.4) is 0 Å². The molecule has 0 saturated heterocycles. The van der Waals surface area contributed by atoms with E-state index in [9.17, 15) is 23.3 Å². The van der Waals surface area contributed by atoms with Gasteiger partial charge in [0.05, 0.1) is 27.6 Å². The number of nitro groups is 1. The number of hydrogen-bond donors (Lipinski definition) is 2. The number of hydrogen-bond acceptors (Lipinski definition) is 7. The molecule has 174 valence electrons. The number of sulfone groups is 1. The van der Waals surface area contributed by atoms with Crippen molar-refractivity contribution in [3.05, 3.63) is 80.6 Å². The summed E-state index contributed by atoms with van der Waals surface area (Å²) in [5.41, 5.74) is 1.50. The zero-order chi connectivity index (χ0) is 24.2. The zero-order valence-electron chi connectivity index (χ0n) is 17.9. The number of aromatic nitrogens is 2. The van der Waals surface area contributed by atoms with Crippen LogP contribution in [-0.2, 0) is 16.4 Å². The van der Waals surface area contributed by atoms with Gasteiger partial charge in [0, 0.05) is 25.4 Å². The van der Waals surface area contributed by atoms with Crippen LogP contribution in [-0.4, -0.2) is 48.4 Å². The van der Waals surface area contributed by atoms with Crippen molar-refractivity contribution in [3.8, 4) is 0 Å². The number of halogens is 1. The first-order valence-electron chi connectivity index (χ1n) is 9.85. The van der Waals surface area contributed by atoms with E-state index >= 15 is 0 Å². The number of carbonyl (C=O) groups excluding carboxylic acids is 1. The van der Waals surface area contributed by atoms with Gasteiger partial charge in [-0.2, -0.15) is 5.10 Å². The summed E-state index contributed by atoms with van der Waals surface area (Å²) in [6.45, 7) is 2.42. The molecule has 3 rings (SSSR count). The molecule has 0 aliphatic carbocycles. The number of nitrogens with zero attached hydrogens (tertiary/aromatic N) is 3. The maximum atomic E-state index is 12.6. The Kier molecular flexibility index (Phi) is 7.34. The van der Waals surface area contributed by atoms with E-state index in [1.54, 1.807) is 11.6 Å². The summed E-state index contributed by atoms with van der Waals surface area (Å²) in [6, 6.07) is 13.2. The van der Waals surface area contributed by atoms with Gasteiger partial charge in [-0.1, -0.05) is 41.9 Å². The lowest BCUT2D eigenvalue weighted by molar-refractivity contribution is -0.384. The van der Waals surface area contributed by atoms with E-state index < -0.39 is 20.7 Å². The molecule has 3 aromatic rings. The second kappa shape index (κ2) is 10.0. The van der Waals surface area contributed by atoms with Crippen LogP contribution in [0.25, 0.3) is 0 Å². The van der Waals surface area contributed by atoms with Crippen molar-refractivity contribution in [2.45, 2.75) is 18.4 Å².